The third kappa shape index (κ3) is 5.44. The molecule has 25 heavy (non-hydrogen) atoms. The van der Waals surface area contributed by atoms with E-state index in [-0.39, 0.29) is 23.1 Å². The zero-order chi connectivity index (χ0) is 18.4. The maximum atomic E-state index is 9.16. The summed E-state index contributed by atoms with van der Waals surface area (Å²) in [5, 5.41) is 13.3. The maximum Gasteiger partial charge on any atom is 0.252 e. The summed E-state index contributed by atoms with van der Waals surface area (Å²) >= 11 is 0. The van der Waals surface area contributed by atoms with Crippen LogP contribution in [0.15, 0.2) is 33.8 Å². The van der Waals surface area contributed by atoms with Crippen molar-refractivity contribution in [3.05, 3.63) is 47.0 Å². The molecule has 1 heterocycles. The lowest BCUT2D eigenvalue weighted by atomic mass is 9.97. The molecule has 6 nitrogen and oxygen atoms in total. The normalized spacial score (nSPS) is 11.9. The maximum absolute atomic E-state index is 9.16. The van der Waals surface area contributed by atoms with E-state index in [9.17, 15) is 0 Å². The number of hydrazone groups is 1. The van der Waals surface area contributed by atoms with Gasteiger partial charge in [0.15, 0.2) is 0 Å². The fourth-order valence-corrected chi connectivity index (χ4v) is 1.92. The van der Waals surface area contributed by atoms with Gasteiger partial charge in [0.05, 0.1) is 18.9 Å². The predicted molar refractivity (Wildman–Crippen MR) is 97.5 cm³/mol. The molecular formula is C19H24N4O2. The van der Waals surface area contributed by atoms with E-state index in [2.05, 4.69) is 15.5 Å². The van der Waals surface area contributed by atoms with Crippen molar-refractivity contribution in [1.82, 2.24) is 4.98 Å². The Kier molecular flexibility index (Phi) is 5.94. The Morgan fingerprint density at radius 3 is 2.56 bits per heavy atom. The fourth-order valence-electron chi connectivity index (χ4n) is 1.92. The molecular weight excluding hydrogens is 316 g/mol. The quantitative estimate of drug-likeness (QED) is 0.629. The van der Waals surface area contributed by atoms with Crippen LogP contribution in [-0.2, 0) is 16.8 Å². The summed E-state index contributed by atoms with van der Waals surface area (Å²) < 4.78 is 11.2. The molecule has 0 unspecified atom stereocenters. The Morgan fingerprint density at radius 1 is 1.32 bits per heavy atom. The van der Waals surface area contributed by atoms with Crippen LogP contribution in [0.25, 0.3) is 0 Å². The molecule has 0 bridgehead atoms. The summed E-state index contributed by atoms with van der Waals surface area (Å²) in [6.07, 6.45) is 1.87. The van der Waals surface area contributed by atoms with E-state index in [4.69, 9.17) is 14.4 Å². The average molecular weight is 340 g/mol. The minimum atomic E-state index is -0.275. The molecule has 0 fully saturated rings. The van der Waals surface area contributed by atoms with E-state index in [1.165, 1.54) is 0 Å². The van der Waals surface area contributed by atoms with E-state index in [1.807, 2.05) is 65.0 Å². The molecule has 2 rings (SSSR count). The van der Waals surface area contributed by atoms with Gasteiger partial charge < -0.3 is 9.15 Å². The minimum absolute atomic E-state index is 0.197. The molecule has 6 heteroatoms. The third-order valence-corrected chi connectivity index (χ3v) is 3.32. The van der Waals surface area contributed by atoms with Crippen molar-refractivity contribution in [2.75, 3.05) is 5.43 Å². The molecule has 0 spiro atoms. The number of benzene rings is 1. The van der Waals surface area contributed by atoms with Gasteiger partial charge in [-0.25, -0.2) is 5.43 Å². The smallest absolute Gasteiger partial charge is 0.252 e. The Balaban J connectivity index is 2.01. The molecule has 2 aromatic rings. The second-order valence-corrected chi connectivity index (χ2v) is 7.03. The Bertz CT molecular complexity index is 762. The molecule has 0 amide bonds. The number of anilines is 1. The van der Waals surface area contributed by atoms with Crippen molar-refractivity contribution in [2.45, 2.75) is 52.7 Å². The summed E-state index contributed by atoms with van der Waals surface area (Å²) in [4.78, 5) is 4.19. The SMILES string of the molecule is CC(C)OCc1ccc(C=NNc2oc(C(C)(C)C)nc2C#N)cc1. The largest absolute Gasteiger partial charge is 0.421 e. The number of oxazole rings is 1. The number of ether oxygens (including phenoxy) is 1. The number of hydrogen-bond acceptors (Lipinski definition) is 6. The van der Waals surface area contributed by atoms with Gasteiger partial charge in [-0.3, -0.25) is 0 Å². The van der Waals surface area contributed by atoms with Crippen molar-refractivity contribution < 1.29 is 9.15 Å². The van der Waals surface area contributed by atoms with Gasteiger partial charge in [0.1, 0.15) is 6.07 Å². The summed E-state index contributed by atoms with van der Waals surface area (Å²) in [5.74, 6) is 0.752. The first-order valence-corrected chi connectivity index (χ1v) is 8.20. The molecule has 0 aliphatic rings. The molecule has 1 N–H and O–H groups in total. The van der Waals surface area contributed by atoms with E-state index in [1.54, 1.807) is 6.21 Å². The second kappa shape index (κ2) is 7.95. The van der Waals surface area contributed by atoms with Crippen LogP contribution in [-0.4, -0.2) is 17.3 Å². The van der Waals surface area contributed by atoms with Gasteiger partial charge in [-0.05, 0) is 25.0 Å². The highest BCUT2D eigenvalue weighted by atomic mass is 16.5. The number of rotatable bonds is 6. The van der Waals surface area contributed by atoms with Crippen molar-refractivity contribution >= 4 is 12.1 Å². The fraction of sp³-hybridized carbons (Fsp3) is 0.421. The summed E-state index contributed by atoms with van der Waals surface area (Å²) in [5.41, 5.74) is 4.71. The molecule has 0 saturated heterocycles. The first-order chi connectivity index (χ1) is 11.8. The summed E-state index contributed by atoms with van der Waals surface area (Å²) in [6, 6.07) is 9.91. The van der Waals surface area contributed by atoms with E-state index < -0.39 is 0 Å². The zero-order valence-electron chi connectivity index (χ0n) is 15.3. The average Bonchev–Trinajstić information content (AvgIpc) is 2.97. The number of aromatic nitrogens is 1. The van der Waals surface area contributed by atoms with Crippen LogP contribution >= 0.6 is 0 Å². The van der Waals surface area contributed by atoms with Crippen LogP contribution in [0.4, 0.5) is 5.88 Å². The minimum Gasteiger partial charge on any atom is -0.421 e. The van der Waals surface area contributed by atoms with Gasteiger partial charge in [-0.1, -0.05) is 45.0 Å². The summed E-state index contributed by atoms with van der Waals surface area (Å²) in [7, 11) is 0. The highest BCUT2D eigenvalue weighted by molar-refractivity contribution is 5.80. The van der Waals surface area contributed by atoms with Crippen LogP contribution in [0.2, 0.25) is 0 Å². The van der Waals surface area contributed by atoms with Crippen LogP contribution in [0.3, 0.4) is 0 Å². The van der Waals surface area contributed by atoms with Gasteiger partial charge in [0, 0.05) is 5.41 Å². The molecule has 1 aromatic carbocycles. The zero-order valence-corrected chi connectivity index (χ0v) is 15.3. The third-order valence-electron chi connectivity index (χ3n) is 3.32. The standard InChI is InChI=1S/C19H24N4O2/c1-13(2)24-12-15-8-6-14(7-9-15)11-21-23-17-16(10-20)22-18(25-17)19(3,4)5/h6-9,11,13,23H,12H2,1-5H3. The van der Waals surface area contributed by atoms with Gasteiger partial charge in [-0.2, -0.15) is 15.3 Å². The van der Waals surface area contributed by atoms with Crippen LogP contribution in [0.5, 0.6) is 0 Å². The predicted octanol–water partition coefficient (Wildman–Crippen LogP) is 4.21. The number of nitriles is 1. The Labute approximate surface area is 148 Å². The topological polar surface area (TPSA) is 83.4 Å². The van der Waals surface area contributed by atoms with Crippen LogP contribution in [0, 0.1) is 11.3 Å². The number of nitrogens with zero attached hydrogens (tertiary/aromatic N) is 3. The number of nitrogens with one attached hydrogen (secondary N) is 1. The lowest BCUT2D eigenvalue weighted by molar-refractivity contribution is 0.0657. The van der Waals surface area contributed by atoms with Crippen molar-refractivity contribution in [3.8, 4) is 6.07 Å². The van der Waals surface area contributed by atoms with Crippen molar-refractivity contribution in [3.63, 3.8) is 0 Å². The van der Waals surface area contributed by atoms with E-state index in [0.29, 0.717) is 12.5 Å². The Hall–Kier alpha value is -2.65. The van der Waals surface area contributed by atoms with Gasteiger partial charge in [-0.15, -0.1) is 0 Å². The van der Waals surface area contributed by atoms with Crippen LogP contribution in [0.1, 0.15) is 57.3 Å². The molecule has 0 aliphatic heterocycles. The molecule has 0 aliphatic carbocycles. The van der Waals surface area contributed by atoms with Crippen molar-refractivity contribution in [2.24, 2.45) is 5.10 Å². The molecule has 1 aromatic heterocycles. The number of hydrogen-bond donors (Lipinski definition) is 1. The molecule has 132 valence electrons. The monoisotopic (exact) mass is 340 g/mol. The second-order valence-electron chi connectivity index (χ2n) is 7.03. The first kappa shape index (κ1) is 18.7. The van der Waals surface area contributed by atoms with Gasteiger partial charge >= 0.3 is 0 Å². The van der Waals surface area contributed by atoms with E-state index in [0.717, 1.165) is 11.1 Å². The van der Waals surface area contributed by atoms with E-state index >= 15 is 0 Å². The van der Waals surface area contributed by atoms with Crippen molar-refractivity contribution in [1.29, 1.82) is 5.26 Å². The lowest BCUT2D eigenvalue weighted by Crippen LogP contribution is -2.11. The molecule has 0 saturated carbocycles. The van der Waals surface area contributed by atoms with Gasteiger partial charge in [0.2, 0.25) is 11.6 Å². The lowest BCUT2D eigenvalue weighted by Gasteiger charge is -2.11. The molecule has 0 atom stereocenters. The summed E-state index contributed by atoms with van der Waals surface area (Å²) in [6.45, 7) is 10.5. The Morgan fingerprint density at radius 2 is 2.00 bits per heavy atom. The highest BCUT2D eigenvalue weighted by Gasteiger charge is 2.23. The molecule has 0 radical (unpaired) electrons. The van der Waals surface area contributed by atoms with Crippen LogP contribution < -0.4 is 5.43 Å². The van der Waals surface area contributed by atoms with Gasteiger partial charge in [0.25, 0.3) is 5.88 Å². The first-order valence-electron chi connectivity index (χ1n) is 8.20. The highest BCUT2D eigenvalue weighted by Crippen LogP contribution is 2.26.